The van der Waals surface area contributed by atoms with E-state index in [0.29, 0.717) is 16.9 Å². The van der Waals surface area contributed by atoms with Gasteiger partial charge in [-0.3, -0.25) is 9.10 Å². The van der Waals surface area contributed by atoms with E-state index in [4.69, 9.17) is 0 Å². The van der Waals surface area contributed by atoms with Crippen molar-refractivity contribution in [2.24, 2.45) is 0 Å². The first kappa shape index (κ1) is 22.0. The van der Waals surface area contributed by atoms with Gasteiger partial charge in [0.15, 0.2) is 0 Å². The number of esters is 1. The number of sulfonamides is 1. The monoisotopic (exact) mass is 438 g/mol. The normalized spacial score (nSPS) is 10.9. The fourth-order valence-electron chi connectivity index (χ4n) is 2.86. The molecule has 0 bridgehead atoms. The molecule has 0 unspecified atom stereocenters. The van der Waals surface area contributed by atoms with E-state index in [2.05, 4.69) is 10.1 Å². The Kier molecular flexibility index (Phi) is 6.41. The fourth-order valence-corrected chi connectivity index (χ4v) is 4.10. The molecule has 1 N–H and O–H groups in total. The molecule has 0 saturated heterocycles. The number of anilines is 2. The van der Waals surface area contributed by atoms with Crippen molar-refractivity contribution in [1.82, 2.24) is 0 Å². The van der Waals surface area contributed by atoms with Gasteiger partial charge in [-0.2, -0.15) is 0 Å². The van der Waals surface area contributed by atoms with Crippen molar-refractivity contribution in [3.05, 3.63) is 89.5 Å². The standard InChI is InChI=1S/C23H22N2O5S/c1-16-7-13-20(14-8-16)25(2)31(28,29)21-6-4-5-18(15-21)22(26)24-19-11-9-17(10-12-19)23(27)30-3/h4-15H,1-3H3,(H,24,26). The number of nitrogens with one attached hydrogen (secondary N) is 1. The molecule has 0 heterocycles. The van der Waals surface area contributed by atoms with Gasteiger partial charge in [0.1, 0.15) is 0 Å². The molecule has 0 aliphatic carbocycles. The molecule has 1 amide bonds. The molecule has 7 nitrogen and oxygen atoms in total. The number of carbonyl (C=O) groups excluding carboxylic acids is 2. The Bertz CT molecular complexity index is 1200. The van der Waals surface area contributed by atoms with E-state index in [1.807, 2.05) is 19.1 Å². The van der Waals surface area contributed by atoms with Crippen LogP contribution in [0.4, 0.5) is 11.4 Å². The SMILES string of the molecule is COC(=O)c1ccc(NC(=O)c2cccc(S(=O)(=O)N(C)c3ccc(C)cc3)c2)cc1. The number of nitrogens with zero attached hydrogens (tertiary/aromatic N) is 1. The van der Waals surface area contributed by atoms with Gasteiger partial charge in [-0.1, -0.05) is 23.8 Å². The van der Waals surface area contributed by atoms with Crippen LogP contribution in [0, 0.1) is 6.92 Å². The highest BCUT2D eigenvalue weighted by molar-refractivity contribution is 7.92. The summed E-state index contributed by atoms with van der Waals surface area (Å²) in [6, 6.07) is 19.1. The molecule has 0 atom stereocenters. The van der Waals surface area contributed by atoms with E-state index in [0.717, 1.165) is 5.56 Å². The minimum atomic E-state index is -3.85. The number of methoxy groups -OCH3 is 1. The molecule has 0 aromatic heterocycles. The van der Waals surface area contributed by atoms with Crippen molar-refractivity contribution in [3.63, 3.8) is 0 Å². The predicted molar refractivity (Wildman–Crippen MR) is 119 cm³/mol. The van der Waals surface area contributed by atoms with E-state index in [1.165, 1.54) is 54.9 Å². The van der Waals surface area contributed by atoms with Gasteiger partial charge in [0.25, 0.3) is 15.9 Å². The zero-order chi connectivity index (χ0) is 22.6. The first-order valence-corrected chi connectivity index (χ1v) is 10.8. The number of ether oxygens (including phenoxy) is 1. The summed E-state index contributed by atoms with van der Waals surface area (Å²) >= 11 is 0. The number of carbonyl (C=O) groups is 2. The lowest BCUT2D eigenvalue weighted by Crippen LogP contribution is -2.26. The maximum Gasteiger partial charge on any atom is 0.337 e. The number of rotatable bonds is 6. The van der Waals surface area contributed by atoms with Gasteiger partial charge in [-0.05, 0) is 61.5 Å². The van der Waals surface area contributed by atoms with Gasteiger partial charge in [0.05, 0.1) is 23.3 Å². The van der Waals surface area contributed by atoms with Crippen LogP contribution in [0.3, 0.4) is 0 Å². The van der Waals surface area contributed by atoms with Gasteiger partial charge < -0.3 is 10.1 Å². The molecule has 0 saturated carbocycles. The van der Waals surface area contributed by atoms with Crippen LogP contribution < -0.4 is 9.62 Å². The Morgan fingerprint density at radius 3 is 2.16 bits per heavy atom. The highest BCUT2D eigenvalue weighted by atomic mass is 32.2. The van der Waals surface area contributed by atoms with Crippen LogP contribution in [0.2, 0.25) is 0 Å². The maximum absolute atomic E-state index is 13.0. The number of benzene rings is 3. The summed E-state index contributed by atoms with van der Waals surface area (Å²) in [5, 5.41) is 2.69. The van der Waals surface area contributed by atoms with Gasteiger partial charge in [-0.25, -0.2) is 13.2 Å². The van der Waals surface area contributed by atoms with Gasteiger partial charge in [-0.15, -0.1) is 0 Å². The molecular formula is C23H22N2O5S. The van der Waals surface area contributed by atoms with Crippen molar-refractivity contribution in [3.8, 4) is 0 Å². The molecule has 0 aliphatic rings. The zero-order valence-corrected chi connectivity index (χ0v) is 18.1. The lowest BCUT2D eigenvalue weighted by molar-refractivity contribution is 0.0600. The largest absolute Gasteiger partial charge is 0.465 e. The van der Waals surface area contributed by atoms with Crippen LogP contribution >= 0.6 is 0 Å². The Balaban J connectivity index is 1.81. The lowest BCUT2D eigenvalue weighted by atomic mass is 10.2. The van der Waals surface area contributed by atoms with Gasteiger partial charge >= 0.3 is 5.97 Å². The molecule has 3 aromatic rings. The number of hydrogen-bond acceptors (Lipinski definition) is 5. The van der Waals surface area contributed by atoms with Crippen LogP contribution in [-0.2, 0) is 14.8 Å². The molecule has 3 aromatic carbocycles. The van der Waals surface area contributed by atoms with E-state index in [-0.39, 0.29) is 10.5 Å². The van der Waals surface area contributed by atoms with E-state index >= 15 is 0 Å². The third-order valence-corrected chi connectivity index (χ3v) is 6.50. The zero-order valence-electron chi connectivity index (χ0n) is 17.3. The van der Waals surface area contributed by atoms with Crippen molar-refractivity contribution in [2.75, 3.05) is 23.8 Å². The third kappa shape index (κ3) is 4.92. The van der Waals surface area contributed by atoms with Crippen molar-refractivity contribution in [2.45, 2.75) is 11.8 Å². The van der Waals surface area contributed by atoms with E-state index in [9.17, 15) is 18.0 Å². The quantitative estimate of drug-likeness (QED) is 0.590. The summed E-state index contributed by atoms with van der Waals surface area (Å²) in [7, 11) is -1.09. The molecule has 0 fully saturated rings. The minimum Gasteiger partial charge on any atom is -0.465 e. The van der Waals surface area contributed by atoms with E-state index in [1.54, 1.807) is 24.3 Å². The maximum atomic E-state index is 13.0. The smallest absolute Gasteiger partial charge is 0.337 e. The fraction of sp³-hybridized carbons (Fsp3) is 0.130. The summed E-state index contributed by atoms with van der Waals surface area (Å²) < 4.78 is 31.9. The Labute approximate surface area is 181 Å². The molecule has 3 rings (SSSR count). The summed E-state index contributed by atoms with van der Waals surface area (Å²) in [5.41, 5.74) is 2.55. The van der Waals surface area contributed by atoms with Crippen molar-refractivity contribution in [1.29, 1.82) is 0 Å². The molecule has 0 spiro atoms. The molecule has 160 valence electrons. The summed E-state index contributed by atoms with van der Waals surface area (Å²) in [6.07, 6.45) is 0. The summed E-state index contributed by atoms with van der Waals surface area (Å²) in [4.78, 5) is 24.1. The summed E-state index contributed by atoms with van der Waals surface area (Å²) in [6.45, 7) is 1.92. The predicted octanol–water partition coefficient (Wildman–Crippen LogP) is 3.86. The average molecular weight is 439 g/mol. The lowest BCUT2D eigenvalue weighted by Gasteiger charge is -2.20. The van der Waals surface area contributed by atoms with Crippen LogP contribution in [0.15, 0.2) is 77.7 Å². The summed E-state index contributed by atoms with van der Waals surface area (Å²) in [5.74, 6) is -0.950. The van der Waals surface area contributed by atoms with Gasteiger partial charge in [0.2, 0.25) is 0 Å². The van der Waals surface area contributed by atoms with Crippen LogP contribution in [0.25, 0.3) is 0 Å². The third-order valence-electron chi connectivity index (χ3n) is 4.72. The highest BCUT2D eigenvalue weighted by Gasteiger charge is 2.22. The number of hydrogen-bond donors (Lipinski definition) is 1. The molecule has 8 heteroatoms. The molecule has 31 heavy (non-hydrogen) atoms. The topological polar surface area (TPSA) is 92.8 Å². The Morgan fingerprint density at radius 2 is 1.55 bits per heavy atom. The van der Waals surface area contributed by atoms with Crippen LogP contribution in [0.5, 0.6) is 0 Å². The number of amides is 1. The minimum absolute atomic E-state index is 0.00395. The average Bonchev–Trinajstić information content (AvgIpc) is 2.79. The molecule has 0 radical (unpaired) electrons. The second kappa shape index (κ2) is 9.01. The molecular weight excluding hydrogens is 416 g/mol. The second-order valence-corrected chi connectivity index (χ2v) is 8.83. The first-order valence-electron chi connectivity index (χ1n) is 9.38. The Hall–Kier alpha value is -3.65. The second-order valence-electron chi connectivity index (χ2n) is 6.86. The van der Waals surface area contributed by atoms with Crippen molar-refractivity contribution >= 4 is 33.3 Å². The van der Waals surface area contributed by atoms with E-state index < -0.39 is 21.9 Å². The van der Waals surface area contributed by atoms with Crippen LogP contribution in [-0.4, -0.2) is 34.5 Å². The number of aryl methyl sites for hydroxylation is 1. The van der Waals surface area contributed by atoms with Crippen molar-refractivity contribution < 1.29 is 22.7 Å². The first-order chi connectivity index (χ1) is 14.7. The Morgan fingerprint density at radius 1 is 0.903 bits per heavy atom. The highest BCUT2D eigenvalue weighted by Crippen LogP contribution is 2.23. The van der Waals surface area contributed by atoms with Crippen LogP contribution in [0.1, 0.15) is 26.3 Å². The molecule has 0 aliphatic heterocycles. The van der Waals surface area contributed by atoms with Gasteiger partial charge in [0, 0.05) is 18.3 Å².